The van der Waals surface area contributed by atoms with Crippen molar-refractivity contribution < 1.29 is 9.90 Å². The minimum Gasteiger partial charge on any atom is -0.480 e. The molecule has 1 N–H and O–H groups in total. The summed E-state index contributed by atoms with van der Waals surface area (Å²) in [6, 6.07) is 7.71. The maximum Gasteiger partial charge on any atom is 0.317 e. The third-order valence-electron chi connectivity index (χ3n) is 2.71. The van der Waals surface area contributed by atoms with Crippen molar-refractivity contribution in [3.8, 4) is 0 Å². The number of aliphatic carboxylic acids is 1. The fourth-order valence-corrected chi connectivity index (χ4v) is 2.79. The zero-order chi connectivity index (χ0) is 14.5. The summed E-state index contributed by atoms with van der Waals surface area (Å²) in [6.45, 7) is 0.563. The summed E-state index contributed by atoms with van der Waals surface area (Å²) >= 11 is 7.44. The minimum atomic E-state index is -0.830. The molecule has 0 aliphatic carbocycles. The Bertz CT molecular complexity index is 583. The van der Waals surface area contributed by atoms with Crippen molar-refractivity contribution in [2.75, 3.05) is 13.6 Å². The van der Waals surface area contributed by atoms with Crippen LogP contribution in [0.15, 0.2) is 29.6 Å². The highest BCUT2D eigenvalue weighted by molar-refractivity contribution is 7.09. The Hall–Kier alpha value is -1.43. The van der Waals surface area contributed by atoms with Gasteiger partial charge in [0.15, 0.2) is 0 Å². The molecule has 2 rings (SSSR count). The Labute approximate surface area is 126 Å². The van der Waals surface area contributed by atoms with Gasteiger partial charge in [-0.3, -0.25) is 9.69 Å². The van der Waals surface area contributed by atoms with Crippen molar-refractivity contribution in [2.24, 2.45) is 0 Å². The van der Waals surface area contributed by atoms with Gasteiger partial charge >= 0.3 is 5.97 Å². The van der Waals surface area contributed by atoms with Gasteiger partial charge in [-0.15, -0.1) is 11.3 Å². The van der Waals surface area contributed by atoms with E-state index in [1.165, 1.54) is 0 Å². The lowest BCUT2D eigenvalue weighted by Crippen LogP contribution is -2.25. The number of carbonyl (C=O) groups is 1. The summed E-state index contributed by atoms with van der Waals surface area (Å²) in [5.41, 5.74) is 2.07. The quantitative estimate of drug-likeness (QED) is 0.891. The topological polar surface area (TPSA) is 53.4 Å². The molecule has 20 heavy (non-hydrogen) atoms. The van der Waals surface area contributed by atoms with Crippen LogP contribution < -0.4 is 0 Å². The molecule has 0 amide bonds. The van der Waals surface area contributed by atoms with Crippen LogP contribution in [0.3, 0.4) is 0 Å². The summed E-state index contributed by atoms with van der Waals surface area (Å²) in [4.78, 5) is 16.9. The molecule has 1 heterocycles. The summed E-state index contributed by atoms with van der Waals surface area (Å²) < 4.78 is 0. The van der Waals surface area contributed by atoms with Crippen LogP contribution in [0.1, 0.15) is 16.3 Å². The van der Waals surface area contributed by atoms with Crippen LogP contribution >= 0.6 is 22.9 Å². The molecule has 0 radical (unpaired) electrons. The molecule has 0 aliphatic rings. The zero-order valence-corrected chi connectivity index (χ0v) is 12.6. The molecule has 0 saturated carbocycles. The molecule has 1 aromatic heterocycles. The van der Waals surface area contributed by atoms with E-state index in [1.807, 2.05) is 29.6 Å². The average Bonchev–Trinajstić information content (AvgIpc) is 2.78. The molecule has 0 spiro atoms. The Morgan fingerprint density at radius 3 is 2.75 bits per heavy atom. The van der Waals surface area contributed by atoms with Crippen LogP contribution in [0.25, 0.3) is 0 Å². The second kappa shape index (κ2) is 6.83. The molecule has 4 nitrogen and oxygen atoms in total. The lowest BCUT2D eigenvalue weighted by molar-refractivity contribution is -0.138. The van der Waals surface area contributed by atoms with Gasteiger partial charge in [-0.1, -0.05) is 23.7 Å². The maximum atomic E-state index is 10.6. The molecule has 106 valence electrons. The van der Waals surface area contributed by atoms with Crippen molar-refractivity contribution in [3.05, 3.63) is 50.9 Å². The lowest BCUT2D eigenvalue weighted by Gasteiger charge is -2.11. The second-order valence-electron chi connectivity index (χ2n) is 4.60. The van der Waals surface area contributed by atoms with Gasteiger partial charge in [0.05, 0.1) is 17.2 Å². The first-order chi connectivity index (χ1) is 9.52. The van der Waals surface area contributed by atoms with Gasteiger partial charge in [-0.2, -0.15) is 0 Å². The normalized spacial score (nSPS) is 10.9. The van der Waals surface area contributed by atoms with Gasteiger partial charge in [0.25, 0.3) is 0 Å². The summed E-state index contributed by atoms with van der Waals surface area (Å²) in [5, 5.41) is 12.4. The second-order valence-corrected chi connectivity index (χ2v) is 5.98. The number of rotatable bonds is 6. The van der Waals surface area contributed by atoms with Crippen LogP contribution in [0, 0.1) is 0 Å². The largest absolute Gasteiger partial charge is 0.480 e. The number of likely N-dealkylation sites (N-methyl/N-ethyl adjacent to an activating group) is 1. The van der Waals surface area contributed by atoms with Crippen molar-refractivity contribution in [2.45, 2.75) is 13.0 Å². The predicted molar refractivity (Wildman–Crippen MR) is 80.3 cm³/mol. The molecular weight excluding hydrogens is 296 g/mol. The smallest absolute Gasteiger partial charge is 0.317 e. The molecule has 6 heteroatoms. The predicted octanol–water partition coefficient (Wildman–Crippen LogP) is 2.90. The number of carboxylic acids is 1. The zero-order valence-electron chi connectivity index (χ0n) is 11.0. The highest BCUT2D eigenvalue weighted by atomic mass is 35.5. The first-order valence-electron chi connectivity index (χ1n) is 6.11. The number of hydrogen-bond acceptors (Lipinski definition) is 4. The van der Waals surface area contributed by atoms with Crippen LogP contribution in [0.2, 0.25) is 5.02 Å². The summed E-state index contributed by atoms with van der Waals surface area (Å²) in [7, 11) is 1.77. The molecule has 1 aromatic carbocycles. The van der Waals surface area contributed by atoms with Gasteiger partial charge in [0.2, 0.25) is 0 Å². The minimum absolute atomic E-state index is 0.0179. The Kier molecular flexibility index (Phi) is 5.11. The van der Waals surface area contributed by atoms with Gasteiger partial charge in [0.1, 0.15) is 0 Å². The highest BCUT2D eigenvalue weighted by Gasteiger charge is 2.08. The van der Waals surface area contributed by atoms with Crippen molar-refractivity contribution in [1.29, 1.82) is 0 Å². The molecule has 0 unspecified atom stereocenters. The number of halogens is 1. The third-order valence-corrected chi connectivity index (χ3v) is 3.85. The van der Waals surface area contributed by atoms with Gasteiger partial charge in [0, 0.05) is 23.4 Å². The SMILES string of the molecule is CN(CC(=O)O)Cc1csc(Cc2ccc(Cl)cc2)n1. The summed E-state index contributed by atoms with van der Waals surface area (Å²) in [6.07, 6.45) is 0.768. The molecule has 0 atom stereocenters. The van der Waals surface area contributed by atoms with E-state index in [1.54, 1.807) is 23.3 Å². The fraction of sp³-hybridized carbons (Fsp3) is 0.286. The van der Waals surface area contributed by atoms with Crippen LogP contribution in [0.4, 0.5) is 0 Å². The van der Waals surface area contributed by atoms with Gasteiger partial charge < -0.3 is 5.11 Å². The number of thiazole rings is 1. The van der Waals surface area contributed by atoms with E-state index in [-0.39, 0.29) is 6.54 Å². The molecule has 0 fully saturated rings. The first-order valence-corrected chi connectivity index (χ1v) is 7.37. The van der Waals surface area contributed by atoms with Gasteiger partial charge in [-0.25, -0.2) is 4.98 Å². The van der Waals surface area contributed by atoms with Crippen molar-refractivity contribution in [1.82, 2.24) is 9.88 Å². The Balaban J connectivity index is 1.95. The van der Waals surface area contributed by atoms with Crippen molar-refractivity contribution >= 4 is 28.9 Å². The van der Waals surface area contributed by atoms with Gasteiger partial charge in [-0.05, 0) is 24.7 Å². The standard InChI is InChI=1S/C14H15ClN2O2S/c1-17(8-14(18)19)7-12-9-20-13(16-12)6-10-2-4-11(15)5-3-10/h2-5,9H,6-8H2,1H3,(H,18,19). The van der Waals surface area contributed by atoms with E-state index in [9.17, 15) is 4.79 Å². The highest BCUT2D eigenvalue weighted by Crippen LogP contribution is 2.17. The Morgan fingerprint density at radius 2 is 2.10 bits per heavy atom. The summed E-state index contributed by atoms with van der Waals surface area (Å²) in [5.74, 6) is -0.830. The van der Waals surface area contributed by atoms with Crippen LogP contribution in [-0.2, 0) is 17.8 Å². The number of nitrogens with zero attached hydrogens (tertiary/aromatic N) is 2. The number of benzene rings is 1. The van der Waals surface area contributed by atoms with Crippen LogP contribution in [-0.4, -0.2) is 34.6 Å². The van der Waals surface area contributed by atoms with E-state index in [0.717, 1.165) is 27.7 Å². The maximum absolute atomic E-state index is 10.6. The Morgan fingerprint density at radius 1 is 1.40 bits per heavy atom. The number of carboxylic acid groups (broad SMARTS) is 1. The molecule has 2 aromatic rings. The van der Waals surface area contributed by atoms with E-state index in [4.69, 9.17) is 16.7 Å². The average molecular weight is 311 g/mol. The van der Waals surface area contributed by atoms with E-state index in [0.29, 0.717) is 6.54 Å². The first kappa shape index (κ1) is 15.0. The number of aromatic nitrogens is 1. The molecule has 0 bridgehead atoms. The molecule has 0 saturated heterocycles. The lowest BCUT2D eigenvalue weighted by atomic mass is 10.2. The fourth-order valence-electron chi connectivity index (χ4n) is 1.84. The van der Waals surface area contributed by atoms with Crippen molar-refractivity contribution in [3.63, 3.8) is 0 Å². The molecular formula is C14H15ClN2O2S. The van der Waals surface area contributed by atoms with Crippen LogP contribution in [0.5, 0.6) is 0 Å². The third kappa shape index (κ3) is 4.59. The molecule has 0 aliphatic heterocycles. The van der Waals surface area contributed by atoms with E-state index in [2.05, 4.69) is 4.98 Å². The van der Waals surface area contributed by atoms with E-state index >= 15 is 0 Å². The number of hydrogen-bond donors (Lipinski definition) is 1. The van der Waals surface area contributed by atoms with E-state index < -0.39 is 5.97 Å². The monoisotopic (exact) mass is 310 g/mol.